The Morgan fingerprint density at radius 1 is 1.59 bits per heavy atom. The number of carbonyl (C=O) groups is 1. The zero-order valence-corrected chi connectivity index (χ0v) is 12.5. The first kappa shape index (κ1) is 16.7. The molecule has 1 heterocycles. The summed E-state index contributed by atoms with van der Waals surface area (Å²) in [5.41, 5.74) is 5.89. The maximum atomic E-state index is 13.4. The molecule has 1 amide bonds. The van der Waals surface area contributed by atoms with Gasteiger partial charge in [-0.25, -0.2) is 4.39 Å². The van der Waals surface area contributed by atoms with Crippen molar-refractivity contribution in [1.29, 1.82) is 0 Å². The van der Waals surface area contributed by atoms with Gasteiger partial charge in [0.1, 0.15) is 24.2 Å². The zero-order chi connectivity index (χ0) is 15.9. The molecule has 0 bridgehead atoms. The number of rotatable bonds is 7. The number of ether oxygens (including phenoxy) is 3. The molecule has 3 N–H and O–H groups in total. The number of halogens is 1. The molecule has 0 saturated carbocycles. The molecule has 1 fully saturated rings. The van der Waals surface area contributed by atoms with Crippen molar-refractivity contribution in [3.8, 4) is 5.75 Å². The lowest BCUT2D eigenvalue weighted by atomic mass is 10.2. The van der Waals surface area contributed by atoms with Gasteiger partial charge < -0.3 is 25.3 Å². The summed E-state index contributed by atoms with van der Waals surface area (Å²) in [5.74, 6) is -0.552. The molecule has 1 aromatic rings. The molecule has 1 saturated heterocycles. The molecular weight excluding hydrogens is 291 g/mol. The van der Waals surface area contributed by atoms with Crippen molar-refractivity contribution < 1.29 is 23.4 Å². The fraction of sp³-hybridized carbons (Fsp3) is 0.533. The van der Waals surface area contributed by atoms with Gasteiger partial charge in [-0.1, -0.05) is 0 Å². The number of methoxy groups -OCH3 is 1. The van der Waals surface area contributed by atoms with Crippen molar-refractivity contribution in [1.82, 2.24) is 0 Å². The Balaban J connectivity index is 2.01. The summed E-state index contributed by atoms with van der Waals surface area (Å²) < 4.78 is 29.3. The van der Waals surface area contributed by atoms with Crippen molar-refractivity contribution in [2.45, 2.75) is 25.0 Å². The first-order chi connectivity index (χ1) is 10.6. The Labute approximate surface area is 128 Å². The molecule has 0 radical (unpaired) electrons. The number of carbonyl (C=O) groups excluding carboxylic acids is 1. The second-order valence-corrected chi connectivity index (χ2v) is 5.14. The number of hydrogen-bond acceptors (Lipinski definition) is 5. The van der Waals surface area contributed by atoms with Crippen LogP contribution in [0.2, 0.25) is 0 Å². The predicted molar refractivity (Wildman–Crippen MR) is 79.4 cm³/mol. The highest BCUT2D eigenvalue weighted by molar-refractivity contribution is 5.96. The molecule has 122 valence electrons. The van der Waals surface area contributed by atoms with Crippen LogP contribution in [-0.2, 0) is 14.3 Å². The van der Waals surface area contributed by atoms with Crippen molar-refractivity contribution in [3.05, 3.63) is 24.0 Å². The van der Waals surface area contributed by atoms with Crippen LogP contribution in [0.1, 0.15) is 12.8 Å². The van der Waals surface area contributed by atoms with Crippen molar-refractivity contribution in [3.63, 3.8) is 0 Å². The van der Waals surface area contributed by atoms with Crippen LogP contribution in [0.3, 0.4) is 0 Å². The third-order valence-corrected chi connectivity index (χ3v) is 3.33. The van der Waals surface area contributed by atoms with E-state index in [1.54, 1.807) is 0 Å². The summed E-state index contributed by atoms with van der Waals surface area (Å²) in [6, 6.07) is 3.11. The molecule has 2 rings (SSSR count). The minimum atomic E-state index is -0.834. The Bertz CT molecular complexity index is 506. The number of nitrogens with two attached hydrogens (primary N) is 1. The van der Waals surface area contributed by atoms with Gasteiger partial charge in [0.25, 0.3) is 0 Å². The molecule has 2 atom stereocenters. The molecule has 1 aliphatic rings. The Morgan fingerprint density at radius 2 is 2.41 bits per heavy atom. The molecule has 6 nitrogen and oxygen atoms in total. The van der Waals surface area contributed by atoms with Gasteiger partial charge in [0.15, 0.2) is 0 Å². The number of benzene rings is 1. The SMILES string of the molecule is COCC(N)C(=O)Nc1cc(F)ccc1OCC1CCCO1. The highest BCUT2D eigenvalue weighted by Gasteiger charge is 2.19. The van der Waals surface area contributed by atoms with Crippen LogP contribution in [0, 0.1) is 5.82 Å². The first-order valence-corrected chi connectivity index (χ1v) is 7.19. The van der Waals surface area contributed by atoms with Gasteiger partial charge in [0.2, 0.25) is 5.91 Å². The average Bonchev–Trinajstić information content (AvgIpc) is 3.00. The zero-order valence-electron chi connectivity index (χ0n) is 12.5. The molecule has 7 heteroatoms. The van der Waals surface area contributed by atoms with E-state index >= 15 is 0 Å². The number of nitrogens with one attached hydrogen (secondary N) is 1. The number of anilines is 1. The fourth-order valence-corrected chi connectivity index (χ4v) is 2.16. The highest BCUT2D eigenvalue weighted by Crippen LogP contribution is 2.26. The van der Waals surface area contributed by atoms with Gasteiger partial charge in [0, 0.05) is 19.8 Å². The maximum Gasteiger partial charge on any atom is 0.243 e. The van der Waals surface area contributed by atoms with Gasteiger partial charge in [-0.05, 0) is 25.0 Å². The van der Waals surface area contributed by atoms with E-state index in [0.29, 0.717) is 12.4 Å². The first-order valence-electron chi connectivity index (χ1n) is 7.19. The van der Waals surface area contributed by atoms with Gasteiger partial charge >= 0.3 is 0 Å². The molecule has 2 unspecified atom stereocenters. The van der Waals surface area contributed by atoms with Crippen molar-refractivity contribution in [2.75, 3.05) is 32.2 Å². The van der Waals surface area contributed by atoms with E-state index in [1.807, 2.05) is 0 Å². The monoisotopic (exact) mass is 312 g/mol. The molecule has 1 aliphatic heterocycles. The number of hydrogen-bond donors (Lipinski definition) is 2. The van der Waals surface area contributed by atoms with Crippen LogP contribution >= 0.6 is 0 Å². The highest BCUT2D eigenvalue weighted by atomic mass is 19.1. The lowest BCUT2D eigenvalue weighted by molar-refractivity contribution is -0.118. The topological polar surface area (TPSA) is 82.8 Å². The molecule has 0 spiro atoms. The largest absolute Gasteiger partial charge is 0.489 e. The van der Waals surface area contributed by atoms with E-state index in [-0.39, 0.29) is 18.4 Å². The summed E-state index contributed by atoms with van der Waals surface area (Å²) in [6.45, 7) is 1.17. The third-order valence-electron chi connectivity index (χ3n) is 3.33. The minimum Gasteiger partial charge on any atom is -0.489 e. The molecule has 1 aromatic carbocycles. The lowest BCUT2D eigenvalue weighted by Gasteiger charge is -2.17. The minimum absolute atomic E-state index is 0.0318. The second-order valence-electron chi connectivity index (χ2n) is 5.14. The van der Waals surface area contributed by atoms with Crippen molar-refractivity contribution >= 4 is 11.6 Å². The van der Waals surface area contributed by atoms with Gasteiger partial charge in [0.05, 0.1) is 18.4 Å². The average molecular weight is 312 g/mol. The van der Waals surface area contributed by atoms with Gasteiger partial charge in [-0.3, -0.25) is 4.79 Å². The molecule has 22 heavy (non-hydrogen) atoms. The third kappa shape index (κ3) is 4.66. The van der Waals surface area contributed by atoms with E-state index in [1.165, 1.54) is 25.3 Å². The van der Waals surface area contributed by atoms with Crippen LogP contribution in [-0.4, -0.2) is 45.0 Å². The predicted octanol–water partition coefficient (Wildman–Crippen LogP) is 1.30. The van der Waals surface area contributed by atoms with Gasteiger partial charge in [-0.15, -0.1) is 0 Å². The smallest absolute Gasteiger partial charge is 0.243 e. The number of amides is 1. The standard InChI is InChI=1S/C15H21FN2O4/c1-20-9-12(17)15(19)18-13-7-10(16)4-5-14(13)22-8-11-3-2-6-21-11/h4-5,7,11-12H,2-3,6,8-9,17H2,1H3,(H,18,19). The Hall–Kier alpha value is -1.70. The van der Waals surface area contributed by atoms with Crippen molar-refractivity contribution in [2.24, 2.45) is 5.73 Å². The van der Waals surface area contributed by atoms with Gasteiger partial charge in [-0.2, -0.15) is 0 Å². The quantitative estimate of drug-likeness (QED) is 0.793. The Kier molecular flexibility index (Phi) is 6.11. The lowest BCUT2D eigenvalue weighted by Crippen LogP contribution is -2.39. The van der Waals surface area contributed by atoms with E-state index in [9.17, 15) is 9.18 Å². The molecule has 0 aliphatic carbocycles. The molecular formula is C15H21FN2O4. The van der Waals surface area contributed by atoms with E-state index in [2.05, 4.69) is 5.32 Å². The molecule has 0 aromatic heterocycles. The van der Waals surface area contributed by atoms with Crippen LogP contribution < -0.4 is 15.8 Å². The summed E-state index contributed by atoms with van der Waals surface area (Å²) >= 11 is 0. The van der Waals surface area contributed by atoms with E-state index in [0.717, 1.165) is 19.4 Å². The summed E-state index contributed by atoms with van der Waals surface area (Å²) in [4.78, 5) is 11.9. The summed E-state index contributed by atoms with van der Waals surface area (Å²) in [6.07, 6.45) is 1.97. The second kappa shape index (κ2) is 8.07. The normalized spacial score (nSPS) is 19.0. The van der Waals surface area contributed by atoms with Crippen LogP contribution in [0.15, 0.2) is 18.2 Å². The van der Waals surface area contributed by atoms with Crippen LogP contribution in [0.4, 0.5) is 10.1 Å². The van der Waals surface area contributed by atoms with E-state index in [4.69, 9.17) is 19.9 Å². The Morgan fingerprint density at radius 3 is 3.09 bits per heavy atom. The van der Waals surface area contributed by atoms with E-state index < -0.39 is 17.8 Å². The summed E-state index contributed by atoms with van der Waals surface area (Å²) in [7, 11) is 1.45. The fourth-order valence-electron chi connectivity index (χ4n) is 2.16. The maximum absolute atomic E-state index is 13.4. The van der Waals surface area contributed by atoms with Crippen LogP contribution in [0.25, 0.3) is 0 Å². The summed E-state index contributed by atoms with van der Waals surface area (Å²) in [5, 5.41) is 2.56. The van der Waals surface area contributed by atoms with Crippen LogP contribution in [0.5, 0.6) is 5.75 Å².